The maximum absolute atomic E-state index is 13.9. The topological polar surface area (TPSA) is 76.1 Å². The standard InChI is InChI=1S/C21H13ClF5NO3S.C5H10O2/c22-20-16(10-14(23)11-17(20)24)12-4-5-19-18(8-12)28(6-7-31-19)32(29,30)15-3-1-2-13(9-15)21(25,26)27;1-5(2-6)3-7-4-5/h1-5,8-11H,6-7H2;6H,2-4H2,1H3. The number of hydrogen-bond donors (Lipinski definition) is 1. The lowest BCUT2D eigenvalue weighted by molar-refractivity contribution is -0.137. The highest BCUT2D eigenvalue weighted by atomic mass is 35.5. The van der Waals surface area contributed by atoms with E-state index in [2.05, 4.69) is 0 Å². The van der Waals surface area contributed by atoms with Crippen molar-refractivity contribution in [2.24, 2.45) is 5.41 Å². The number of rotatable bonds is 4. The summed E-state index contributed by atoms with van der Waals surface area (Å²) in [6.07, 6.45) is -4.72. The minimum atomic E-state index is -4.72. The second kappa shape index (κ2) is 10.9. The predicted molar refractivity (Wildman–Crippen MR) is 134 cm³/mol. The van der Waals surface area contributed by atoms with Gasteiger partial charge in [0.1, 0.15) is 24.0 Å². The summed E-state index contributed by atoms with van der Waals surface area (Å²) in [5.74, 6) is -1.74. The molecule has 2 heterocycles. The van der Waals surface area contributed by atoms with Gasteiger partial charge in [-0.15, -0.1) is 0 Å². The van der Waals surface area contributed by atoms with Gasteiger partial charge in [0.05, 0.1) is 47.5 Å². The van der Waals surface area contributed by atoms with Crippen molar-refractivity contribution in [3.05, 3.63) is 76.8 Å². The Balaban J connectivity index is 0.000000438. The number of sulfonamides is 1. The molecule has 3 aromatic carbocycles. The van der Waals surface area contributed by atoms with Crippen molar-refractivity contribution in [1.82, 2.24) is 0 Å². The van der Waals surface area contributed by atoms with Gasteiger partial charge in [0.15, 0.2) is 0 Å². The van der Waals surface area contributed by atoms with Crippen LogP contribution in [-0.2, 0) is 20.9 Å². The third kappa shape index (κ3) is 6.13. The van der Waals surface area contributed by atoms with Crippen molar-refractivity contribution >= 4 is 27.3 Å². The Morgan fingerprint density at radius 3 is 2.38 bits per heavy atom. The normalized spacial score (nSPS) is 16.4. The molecule has 0 amide bonds. The van der Waals surface area contributed by atoms with Gasteiger partial charge < -0.3 is 14.6 Å². The van der Waals surface area contributed by atoms with E-state index < -0.39 is 38.3 Å². The Morgan fingerprint density at radius 2 is 1.79 bits per heavy atom. The first kappa shape index (κ1) is 29.1. The maximum Gasteiger partial charge on any atom is 0.416 e. The molecule has 0 aliphatic carbocycles. The Hall–Kier alpha value is -2.93. The van der Waals surface area contributed by atoms with Gasteiger partial charge in [-0.25, -0.2) is 17.2 Å². The van der Waals surface area contributed by atoms with Crippen LogP contribution in [0.3, 0.4) is 0 Å². The minimum Gasteiger partial charge on any atom is -0.489 e. The van der Waals surface area contributed by atoms with Crippen LogP contribution in [0, 0.1) is 17.0 Å². The van der Waals surface area contributed by atoms with Gasteiger partial charge in [0.2, 0.25) is 0 Å². The van der Waals surface area contributed by atoms with Gasteiger partial charge in [0.25, 0.3) is 10.0 Å². The first-order chi connectivity index (χ1) is 18.2. The van der Waals surface area contributed by atoms with Crippen LogP contribution in [0.1, 0.15) is 12.5 Å². The lowest BCUT2D eigenvalue weighted by atomic mass is 9.90. The number of aliphatic hydroxyl groups excluding tert-OH is 1. The number of aliphatic hydroxyl groups is 1. The Bertz CT molecular complexity index is 1470. The molecule has 3 aromatic rings. The molecule has 1 fully saturated rings. The van der Waals surface area contributed by atoms with Crippen molar-refractivity contribution in [3.8, 4) is 16.9 Å². The highest BCUT2D eigenvalue weighted by Gasteiger charge is 2.35. The van der Waals surface area contributed by atoms with Crippen molar-refractivity contribution in [3.63, 3.8) is 0 Å². The average Bonchev–Trinajstić information content (AvgIpc) is 2.88. The van der Waals surface area contributed by atoms with Gasteiger partial charge in [-0.3, -0.25) is 4.31 Å². The molecule has 6 nitrogen and oxygen atoms in total. The molecule has 0 aromatic heterocycles. The van der Waals surface area contributed by atoms with E-state index in [4.69, 9.17) is 26.2 Å². The first-order valence-electron chi connectivity index (χ1n) is 11.6. The summed E-state index contributed by atoms with van der Waals surface area (Å²) < 4.78 is 105. The molecule has 0 bridgehead atoms. The molecule has 0 unspecified atom stereocenters. The molecule has 0 radical (unpaired) electrons. The fraction of sp³-hybridized carbons (Fsp3) is 0.308. The zero-order chi connectivity index (χ0) is 28.6. The SMILES string of the molecule is CC1(CO)COC1.O=S(=O)(c1cccc(C(F)(F)F)c1)N1CCOc2ccc(-c3cc(F)cc(F)c3Cl)cc21. The molecule has 0 atom stereocenters. The molecular formula is C26H23ClF5NO5S. The number of hydrogen-bond acceptors (Lipinski definition) is 5. The second-order valence-corrected chi connectivity index (χ2v) is 11.6. The largest absolute Gasteiger partial charge is 0.489 e. The summed E-state index contributed by atoms with van der Waals surface area (Å²) in [6.45, 7) is 3.50. The zero-order valence-corrected chi connectivity index (χ0v) is 22.0. The lowest BCUT2D eigenvalue weighted by Crippen LogP contribution is -2.42. The quantitative estimate of drug-likeness (QED) is 0.302. The van der Waals surface area contributed by atoms with E-state index in [1.54, 1.807) is 0 Å². The summed E-state index contributed by atoms with van der Waals surface area (Å²) in [6, 6.07) is 9.13. The average molecular weight is 592 g/mol. The Labute approximate surface area is 226 Å². The molecule has 1 N–H and O–H groups in total. The van der Waals surface area contributed by atoms with E-state index in [0.29, 0.717) is 12.1 Å². The number of fused-ring (bicyclic) bond motifs is 1. The molecular weight excluding hydrogens is 569 g/mol. The molecule has 5 rings (SSSR count). The first-order valence-corrected chi connectivity index (χ1v) is 13.4. The third-order valence-corrected chi connectivity index (χ3v) is 8.31. The highest BCUT2D eigenvalue weighted by Crippen LogP contribution is 2.41. The van der Waals surface area contributed by atoms with Crippen LogP contribution in [0.15, 0.2) is 59.5 Å². The molecule has 0 saturated carbocycles. The summed E-state index contributed by atoms with van der Waals surface area (Å²) >= 11 is 5.95. The van der Waals surface area contributed by atoms with E-state index in [-0.39, 0.29) is 52.8 Å². The summed E-state index contributed by atoms with van der Waals surface area (Å²) in [5, 5.41) is 8.20. The van der Waals surface area contributed by atoms with Gasteiger partial charge in [-0.1, -0.05) is 30.7 Å². The highest BCUT2D eigenvalue weighted by molar-refractivity contribution is 7.92. The van der Waals surface area contributed by atoms with Crippen molar-refractivity contribution in [1.29, 1.82) is 0 Å². The van der Waals surface area contributed by atoms with Crippen LogP contribution in [0.25, 0.3) is 11.1 Å². The van der Waals surface area contributed by atoms with Gasteiger partial charge in [-0.05, 0) is 42.0 Å². The number of halogens is 6. The summed E-state index contributed by atoms with van der Waals surface area (Å²) in [4.78, 5) is -0.555. The van der Waals surface area contributed by atoms with Crippen LogP contribution in [0.4, 0.5) is 27.6 Å². The van der Waals surface area contributed by atoms with Gasteiger partial charge in [-0.2, -0.15) is 13.2 Å². The lowest BCUT2D eigenvalue weighted by Gasteiger charge is -2.35. The van der Waals surface area contributed by atoms with E-state index in [1.165, 1.54) is 18.2 Å². The summed E-state index contributed by atoms with van der Waals surface area (Å²) in [5.41, 5.74) is -0.828. The van der Waals surface area contributed by atoms with Crippen molar-refractivity contribution in [2.45, 2.75) is 18.0 Å². The van der Waals surface area contributed by atoms with Crippen LogP contribution >= 0.6 is 11.6 Å². The monoisotopic (exact) mass is 591 g/mol. The molecule has 210 valence electrons. The molecule has 2 aliphatic heterocycles. The third-order valence-electron chi connectivity index (χ3n) is 6.12. The van der Waals surface area contributed by atoms with Crippen LogP contribution < -0.4 is 9.04 Å². The number of alkyl halides is 3. The van der Waals surface area contributed by atoms with Crippen molar-refractivity contribution in [2.75, 3.05) is 37.3 Å². The van der Waals surface area contributed by atoms with Crippen LogP contribution in [0.2, 0.25) is 5.02 Å². The molecule has 39 heavy (non-hydrogen) atoms. The fourth-order valence-electron chi connectivity index (χ4n) is 3.88. The van der Waals surface area contributed by atoms with E-state index in [0.717, 1.165) is 41.8 Å². The maximum atomic E-state index is 13.9. The van der Waals surface area contributed by atoms with Crippen LogP contribution in [-0.4, -0.2) is 46.5 Å². The smallest absolute Gasteiger partial charge is 0.416 e. The van der Waals surface area contributed by atoms with Crippen LogP contribution in [0.5, 0.6) is 5.75 Å². The Morgan fingerprint density at radius 1 is 1.08 bits per heavy atom. The van der Waals surface area contributed by atoms with E-state index >= 15 is 0 Å². The van der Waals surface area contributed by atoms with Gasteiger partial charge >= 0.3 is 6.18 Å². The van der Waals surface area contributed by atoms with Crippen molar-refractivity contribution < 1.29 is 45.0 Å². The number of benzene rings is 3. The Kier molecular flexibility index (Phi) is 8.13. The summed E-state index contributed by atoms with van der Waals surface area (Å²) in [7, 11) is -4.41. The van der Waals surface area contributed by atoms with E-state index in [1.807, 2.05) is 6.92 Å². The molecule has 2 aliphatic rings. The number of nitrogens with zero attached hydrogens (tertiary/aromatic N) is 1. The number of ether oxygens (including phenoxy) is 2. The fourth-order valence-corrected chi connectivity index (χ4v) is 5.59. The van der Waals surface area contributed by atoms with Gasteiger partial charge in [0, 0.05) is 17.0 Å². The zero-order valence-electron chi connectivity index (χ0n) is 20.4. The minimum absolute atomic E-state index is 0.00639. The van der Waals surface area contributed by atoms with E-state index in [9.17, 15) is 30.4 Å². The number of anilines is 1. The second-order valence-electron chi connectivity index (χ2n) is 9.34. The predicted octanol–water partition coefficient (Wildman–Crippen LogP) is 5.91. The molecule has 1 saturated heterocycles. The molecule has 13 heteroatoms. The molecule has 0 spiro atoms.